The predicted molar refractivity (Wildman–Crippen MR) is 115 cm³/mol. The molecule has 2 heterocycles. The van der Waals surface area contributed by atoms with E-state index in [1.807, 2.05) is 13.8 Å². The van der Waals surface area contributed by atoms with E-state index in [1.54, 1.807) is 0 Å². The third-order valence-electron chi connectivity index (χ3n) is 5.10. The minimum Gasteiger partial charge on any atom is -0.354 e. The van der Waals surface area contributed by atoms with Crippen LogP contribution < -0.4 is 4.90 Å². The topological polar surface area (TPSA) is 110 Å². The number of rotatable bonds is 5. The quantitative estimate of drug-likeness (QED) is 0.504. The van der Waals surface area contributed by atoms with Crippen molar-refractivity contribution in [2.75, 3.05) is 31.1 Å². The van der Waals surface area contributed by atoms with Gasteiger partial charge in [0.25, 0.3) is 5.69 Å². The Kier molecular flexibility index (Phi) is 6.30. The lowest BCUT2D eigenvalue weighted by Gasteiger charge is -2.36. The molecule has 0 aliphatic carbocycles. The van der Waals surface area contributed by atoms with Gasteiger partial charge in [0.15, 0.2) is 0 Å². The Morgan fingerprint density at radius 1 is 1.13 bits per heavy atom. The first kappa shape index (κ1) is 22.4. The van der Waals surface area contributed by atoms with E-state index in [0.29, 0.717) is 18.9 Å². The summed E-state index contributed by atoms with van der Waals surface area (Å²) in [6.07, 6.45) is 0. The number of sulfonamides is 1. The Labute approximate surface area is 180 Å². The number of aromatic nitrogens is 2. The Morgan fingerprint density at radius 2 is 1.77 bits per heavy atom. The molecular weight excluding hydrogens is 430 g/mol. The second kappa shape index (κ2) is 8.44. The average molecular weight is 454 g/mol. The molecule has 2 aromatic rings. The smallest absolute Gasteiger partial charge is 0.289 e. The number of benzene rings is 1. The lowest BCUT2D eigenvalue weighted by molar-refractivity contribution is -0.384. The van der Waals surface area contributed by atoms with Gasteiger partial charge in [0.05, 0.1) is 9.82 Å². The SMILES string of the molecule is Cc1nc(C)c(C(C)C)c(N2CCN(S(=O)(=O)c3ccc(Cl)c([N+](=O)[O-])c3)CC2)n1. The Bertz CT molecular complexity index is 1080. The number of nitro benzene ring substituents is 1. The molecule has 0 radical (unpaired) electrons. The van der Waals surface area contributed by atoms with Crippen molar-refractivity contribution >= 4 is 33.1 Å². The zero-order chi connectivity index (χ0) is 22.2. The first-order valence-electron chi connectivity index (χ1n) is 9.56. The van der Waals surface area contributed by atoms with Crippen molar-refractivity contribution in [2.45, 2.75) is 38.5 Å². The molecule has 0 N–H and O–H groups in total. The number of anilines is 1. The van der Waals surface area contributed by atoms with Gasteiger partial charge in [-0.25, -0.2) is 18.4 Å². The summed E-state index contributed by atoms with van der Waals surface area (Å²) in [6.45, 7) is 9.39. The van der Waals surface area contributed by atoms with Gasteiger partial charge in [-0.15, -0.1) is 0 Å². The molecule has 11 heteroatoms. The van der Waals surface area contributed by atoms with Crippen LogP contribution in [0.4, 0.5) is 11.5 Å². The first-order chi connectivity index (χ1) is 14.0. The molecule has 1 aliphatic heterocycles. The van der Waals surface area contributed by atoms with Crippen LogP contribution in [0.1, 0.15) is 36.8 Å². The minimum absolute atomic E-state index is 0.0977. The second-order valence-corrected chi connectivity index (χ2v) is 9.85. The molecule has 0 bridgehead atoms. The van der Waals surface area contributed by atoms with Gasteiger partial charge in [0, 0.05) is 43.5 Å². The van der Waals surface area contributed by atoms with Crippen LogP contribution in [0.5, 0.6) is 0 Å². The molecule has 0 atom stereocenters. The van der Waals surface area contributed by atoms with Gasteiger partial charge in [0.1, 0.15) is 16.7 Å². The zero-order valence-corrected chi connectivity index (χ0v) is 18.9. The van der Waals surface area contributed by atoms with Gasteiger partial charge >= 0.3 is 0 Å². The molecule has 0 spiro atoms. The van der Waals surface area contributed by atoms with Crippen LogP contribution in [-0.2, 0) is 10.0 Å². The molecule has 9 nitrogen and oxygen atoms in total. The van der Waals surface area contributed by atoms with Crippen LogP contribution in [0.3, 0.4) is 0 Å². The first-order valence-corrected chi connectivity index (χ1v) is 11.4. The fraction of sp³-hybridized carbons (Fsp3) is 0.474. The van der Waals surface area contributed by atoms with Crippen molar-refractivity contribution in [3.05, 3.63) is 50.4 Å². The van der Waals surface area contributed by atoms with Crippen LogP contribution in [0.25, 0.3) is 0 Å². The Balaban J connectivity index is 1.84. The Morgan fingerprint density at radius 3 is 2.33 bits per heavy atom. The molecule has 0 saturated carbocycles. The summed E-state index contributed by atoms with van der Waals surface area (Å²) >= 11 is 5.81. The van der Waals surface area contributed by atoms with Crippen molar-refractivity contribution in [1.29, 1.82) is 0 Å². The molecular formula is C19H24ClN5O4S. The maximum atomic E-state index is 13.0. The Hall–Kier alpha value is -2.30. The molecule has 0 amide bonds. The van der Waals surface area contributed by atoms with E-state index in [4.69, 9.17) is 11.6 Å². The largest absolute Gasteiger partial charge is 0.354 e. The van der Waals surface area contributed by atoms with E-state index in [-0.39, 0.29) is 28.9 Å². The third-order valence-corrected chi connectivity index (χ3v) is 7.31. The molecule has 1 aliphatic rings. The summed E-state index contributed by atoms with van der Waals surface area (Å²) in [5, 5.41) is 11.0. The maximum absolute atomic E-state index is 13.0. The van der Waals surface area contributed by atoms with E-state index in [2.05, 4.69) is 28.7 Å². The van der Waals surface area contributed by atoms with Gasteiger partial charge in [-0.1, -0.05) is 25.4 Å². The lowest BCUT2D eigenvalue weighted by atomic mass is 10.0. The van der Waals surface area contributed by atoms with E-state index < -0.39 is 20.6 Å². The molecule has 1 fully saturated rings. The van der Waals surface area contributed by atoms with Crippen LogP contribution in [0.15, 0.2) is 23.1 Å². The fourth-order valence-corrected chi connectivity index (χ4v) is 5.33. The van der Waals surface area contributed by atoms with Gasteiger partial charge in [-0.2, -0.15) is 4.31 Å². The highest BCUT2D eigenvalue weighted by atomic mass is 35.5. The molecule has 1 aromatic carbocycles. The highest BCUT2D eigenvalue weighted by molar-refractivity contribution is 7.89. The number of nitrogens with zero attached hydrogens (tertiary/aromatic N) is 5. The normalized spacial score (nSPS) is 15.6. The summed E-state index contributed by atoms with van der Waals surface area (Å²) in [7, 11) is -3.87. The highest BCUT2D eigenvalue weighted by Gasteiger charge is 2.31. The summed E-state index contributed by atoms with van der Waals surface area (Å²) < 4.78 is 27.4. The number of hydrogen-bond acceptors (Lipinski definition) is 7. The number of hydrogen-bond donors (Lipinski definition) is 0. The number of halogens is 1. The minimum atomic E-state index is -3.87. The van der Waals surface area contributed by atoms with Gasteiger partial charge < -0.3 is 4.90 Å². The zero-order valence-electron chi connectivity index (χ0n) is 17.3. The van der Waals surface area contributed by atoms with Crippen LogP contribution in [0.2, 0.25) is 5.02 Å². The third kappa shape index (κ3) is 4.26. The molecule has 162 valence electrons. The van der Waals surface area contributed by atoms with E-state index >= 15 is 0 Å². The van der Waals surface area contributed by atoms with Crippen LogP contribution in [-0.4, -0.2) is 53.8 Å². The van der Waals surface area contributed by atoms with Crippen LogP contribution in [0, 0.1) is 24.0 Å². The summed E-state index contributed by atoms with van der Waals surface area (Å²) in [5.74, 6) is 1.75. The summed E-state index contributed by atoms with van der Waals surface area (Å²) in [6, 6.07) is 3.55. The second-order valence-electron chi connectivity index (χ2n) is 7.51. The van der Waals surface area contributed by atoms with Gasteiger partial charge in [-0.3, -0.25) is 10.1 Å². The van der Waals surface area contributed by atoms with E-state index in [0.717, 1.165) is 23.1 Å². The molecule has 1 saturated heterocycles. The molecule has 0 unspecified atom stereocenters. The van der Waals surface area contributed by atoms with Crippen molar-refractivity contribution in [2.24, 2.45) is 0 Å². The number of aryl methyl sites for hydroxylation is 2. The average Bonchev–Trinajstić information content (AvgIpc) is 2.67. The van der Waals surface area contributed by atoms with Crippen molar-refractivity contribution in [3.8, 4) is 0 Å². The van der Waals surface area contributed by atoms with Crippen molar-refractivity contribution in [3.63, 3.8) is 0 Å². The summed E-state index contributed by atoms with van der Waals surface area (Å²) in [4.78, 5) is 21.5. The maximum Gasteiger partial charge on any atom is 0.289 e. The molecule has 3 rings (SSSR count). The van der Waals surface area contributed by atoms with Crippen molar-refractivity contribution < 1.29 is 13.3 Å². The lowest BCUT2D eigenvalue weighted by Crippen LogP contribution is -2.49. The highest BCUT2D eigenvalue weighted by Crippen LogP contribution is 2.31. The molecule has 1 aromatic heterocycles. The predicted octanol–water partition coefficient (Wildman–Crippen LogP) is 3.29. The summed E-state index contributed by atoms with van der Waals surface area (Å²) in [5.41, 5.74) is 1.56. The monoisotopic (exact) mass is 453 g/mol. The van der Waals surface area contributed by atoms with Crippen LogP contribution >= 0.6 is 11.6 Å². The van der Waals surface area contributed by atoms with Gasteiger partial charge in [0.2, 0.25) is 10.0 Å². The fourth-order valence-electron chi connectivity index (χ4n) is 3.70. The van der Waals surface area contributed by atoms with E-state index in [9.17, 15) is 18.5 Å². The number of piperazine rings is 1. The number of nitro groups is 1. The van der Waals surface area contributed by atoms with Crippen molar-refractivity contribution in [1.82, 2.24) is 14.3 Å². The van der Waals surface area contributed by atoms with E-state index in [1.165, 1.54) is 16.4 Å². The van der Waals surface area contributed by atoms with Gasteiger partial charge in [-0.05, 0) is 31.9 Å². The standard InChI is InChI=1S/C19H24ClN5O4S/c1-12(2)18-13(3)21-14(4)22-19(18)23-7-9-24(10-8-23)30(28,29)15-5-6-16(20)17(11-15)25(26)27/h5-6,11-12H,7-10H2,1-4H3. The molecule has 30 heavy (non-hydrogen) atoms.